The third-order valence-corrected chi connectivity index (χ3v) is 4.82. The zero-order valence-electron chi connectivity index (χ0n) is 14.4. The Bertz CT molecular complexity index is 859. The third-order valence-electron chi connectivity index (χ3n) is 4.08. The van der Waals surface area contributed by atoms with E-state index in [9.17, 15) is 4.79 Å². The monoisotopic (exact) mass is 352 g/mol. The first-order valence-corrected chi connectivity index (χ1v) is 9.23. The van der Waals surface area contributed by atoms with Crippen molar-refractivity contribution in [3.05, 3.63) is 71.7 Å². The summed E-state index contributed by atoms with van der Waals surface area (Å²) in [6.45, 7) is 3.94. The predicted octanol–water partition coefficient (Wildman–Crippen LogP) is 3.79. The van der Waals surface area contributed by atoms with Crippen molar-refractivity contribution in [3.63, 3.8) is 0 Å². The highest BCUT2D eigenvalue weighted by atomic mass is 32.2. The van der Waals surface area contributed by atoms with E-state index in [0.717, 1.165) is 22.0 Å². The number of thioether (sulfide) groups is 1. The van der Waals surface area contributed by atoms with Gasteiger partial charge in [0.05, 0.1) is 12.2 Å². The lowest BCUT2D eigenvalue weighted by molar-refractivity contribution is 0.0940. The number of carbonyl (C=O) groups is 1. The van der Waals surface area contributed by atoms with E-state index < -0.39 is 0 Å². The average molecular weight is 352 g/mol. The summed E-state index contributed by atoms with van der Waals surface area (Å²) < 4.78 is 1.78. The van der Waals surface area contributed by atoms with Gasteiger partial charge in [0.15, 0.2) is 5.82 Å². The van der Waals surface area contributed by atoms with Gasteiger partial charge < -0.3 is 5.32 Å². The van der Waals surface area contributed by atoms with E-state index in [0.29, 0.717) is 5.56 Å². The Morgan fingerprint density at radius 1 is 1.20 bits per heavy atom. The van der Waals surface area contributed by atoms with Crippen molar-refractivity contribution in [3.8, 4) is 5.82 Å². The molecule has 1 amide bonds. The summed E-state index contributed by atoms with van der Waals surface area (Å²) in [5, 5.41) is 7.45. The van der Waals surface area contributed by atoms with Crippen molar-refractivity contribution in [1.82, 2.24) is 20.1 Å². The van der Waals surface area contributed by atoms with Gasteiger partial charge in [-0.05, 0) is 56.5 Å². The van der Waals surface area contributed by atoms with Crippen LogP contribution in [0.5, 0.6) is 0 Å². The maximum atomic E-state index is 12.5. The summed E-state index contributed by atoms with van der Waals surface area (Å²) in [4.78, 5) is 17.9. The zero-order valence-corrected chi connectivity index (χ0v) is 15.2. The molecule has 0 aliphatic carbocycles. The molecule has 0 radical (unpaired) electrons. The minimum absolute atomic E-state index is 0.0925. The van der Waals surface area contributed by atoms with Crippen molar-refractivity contribution >= 4 is 17.7 Å². The number of hydrogen-bond donors (Lipinski definition) is 1. The molecule has 0 saturated heterocycles. The second kappa shape index (κ2) is 7.53. The van der Waals surface area contributed by atoms with Gasteiger partial charge in [0.1, 0.15) is 0 Å². The molecule has 128 valence electrons. The van der Waals surface area contributed by atoms with Crippen LogP contribution in [-0.2, 0) is 0 Å². The van der Waals surface area contributed by atoms with Crippen LogP contribution in [0.4, 0.5) is 0 Å². The number of benzene rings is 1. The Hall–Kier alpha value is -2.60. The molecule has 5 nitrogen and oxygen atoms in total. The molecule has 2 aromatic heterocycles. The maximum absolute atomic E-state index is 12.5. The van der Waals surface area contributed by atoms with Gasteiger partial charge in [0, 0.05) is 27.9 Å². The molecule has 0 aliphatic heterocycles. The largest absolute Gasteiger partial charge is 0.345 e. The lowest BCUT2D eigenvalue weighted by atomic mass is 10.1. The van der Waals surface area contributed by atoms with Crippen LogP contribution in [-0.4, -0.2) is 26.9 Å². The Morgan fingerprint density at radius 2 is 1.96 bits per heavy atom. The molecule has 0 bridgehead atoms. The van der Waals surface area contributed by atoms with Gasteiger partial charge in [0.2, 0.25) is 0 Å². The van der Waals surface area contributed by atoms with E-state index in [4.69, 9.17) is 0 Å². The number of nitrogens with zero attached hydrogens (tertiary/aromatic N) is 3. The fourth-order valence-electron chi connectivity index (χ4n) is 2.66. The fraction of sp³-hybridized carbons (Fsp3) is 0.211. The lowest BCUT2D eigenvalue weighted by Gasteiger charge is -2.14. The van der Waals surface area contributed by atoms with E-state index in [1.165, 1.54) is 0 Å². The van der Waals surface area contributed by atoms with Crippen molar-refractivity contribution in [2.75, 3.05) is 6.26 Å². The fourth-order valence-corrected chi connectivity index (χ4v) is 3.07. The van der Waals surface area contributed by atoms with Crippen molar-refractivity contribution < 1.29 is 4.79 Å². The maximum Gasteiger partial charge on any atom is 0.251 e. The third kappa shape index (κ3) is 3.74. The number of rotatable bonds is 5. The van der Waals surface area contributed by atoms with Gasteiger partial charge in [-0.3, -0.25) is 4.79 Å². The first-order valence-electron chi connectivity index (χ1n) is 8.01. The van der Waals surface area contributed by atoms with Crippen molar-refractivity contribution in [1.29, 1.82) is 0 Å². The molecule has 1 N–H and O–H groups in total. The smallest absolute Gasteiger partial charge is 0.251 e. The second-order valence-electron chi connectivity index (χ2n) is 5.71. The highest BCUT2D eigenvalue weighted by Gasteiger charge is 2.17. The van der Waals surface area contributed by atoms with Gasteiger partial charge in [0.25, 0.3) is 5.91 Å². The Morgan fingerprint density at radius 3 is 2.60 bits per heavy atom. The number of nitrogens with one attached hydrogen (secondary N) is 1. The first kappa shape index (κ1) is 17.2. The molecule has 1 atom stereocenters. The average Bonchev–Trinajstić information content (AvgIpc) is 3.04. The summed E-state index contributed by atoms with van der Waals surface area (Å²) in [5.74, 6) is 0.669. The molecule has 0 saturated carbocycles. The number of amides is 1. The highest BCUT2D eigenvalue weighted by molar-refractivity contribution is 7.98. The SMILES string of the molecule is CSc1ccc(C(=O)N[C@@H](C)c2cnn(-c3ccccn3)c2C)cc1. The molecule has 0 aliphatic rings. The van der Waals surface area contributed by atoms with Crippen LogP contribution in [0.3, 0.4) is 0 Å². The molecule has 6 heteroatoms. The molecule has 0 unspecified atom stereocenters. The normalized spacial score (nSPS) is 12.0. The van der Waals surface area contributed by atoms with Crippen LogP contribution >= 0.6 is 11.8 Å². The molecule has 25 heavy (non-hydrogen) atoms. The van der Waals surface area contributed by atoms with Crippen LogP contribution < -0.4 is 5.32 Å². The van der Waals surface area contributed by atoms with Crippen LogP contribution in [0.1, 0.15) is 34.6 Å². The van der Waals surface area contributed by atoms with Crippen LogP contribution in [0.25, 0.3) is 5.82 Å². The molecule has 0 spiro atoms. The second-order valence-corrected chi connectivity index (χ2v) is 6.59. The molecular weight excluding hydrogens is 332 g/mol. The van der Waals surface area contributed by atoms with Crippen LogP contribution in [0.15, 0.2) is 59.8 Å². The molecule has 2 heterocycles. The first-order chi connectivity index (χ1) is 12.1. The van der Waals surface area contributed by atoms with Crippen molar-refractivity contribution in [2.24, 2.45) is 0 Å². The van der Waals surface area contributed by atoms with Gasteiger partial charge in [-0.1, -0.05) is 6.07 Å². The van der Waals surface area contributed by atoms with E-state index in [1.54, 1.807) is 28.8 Å². The highest BCUT2D eigenvalue weighted by Crippen LogP contribution is 2.20. The number of aromatic nitrogens is 3. The number of hydrogen-bond acceptors (Lipinski definition) is 4. The Kier molecular flexibility index (Phi) is 5.19. The summed E-state index contributed by atoms with van der Waals surface area (Å²) >= 11 is 1.65. The van der Waals surface area contributed by atoms with E-state index in [2.05, 4.69) is 15.4 Å². The summed E-state index contributed by atoms with van der Waals surface area (Å²) in [7, 11) is 0. The number of pyridine rings is 1. The van der Waals surface area contributed by atoms with Crippen LogP contribution in [0.2, 0.25) is 0 Å². The molecule has 3 aromatic rings. The molecular formula is C19H20N4OS. The lowest BCUT2D eigenvalue weighted by Crippen LogP contribution is -2.26. The van der Waals surface area contributed by atoms with E-state index in [1.807, 2.05) is 62.6 Å². The number of carbonyl (C=O) groups excluding carboxylic acids is 1. The molecule has 3 rings (SSSR count). The zero-order chi connectivity index (χ0) is 17.8. The standard InChI is InChI=1S/C19H20N4OS/c1-13(22-19(24)15-7-9-16(25-3)10-8-15)17-12-21-23(14(17)2)18-6-4-5-11-20-18/h4-13H,1-3H3,(H,22,24)/t13-/m0/s1. The van der Waals surface area contributed by atoms with E-state index in [-0.39, 0.29) is 11.9 Å². The van der Waals surface area contributed by atoms with Gasteiger partial charge in [-0.2, -0.15) is 5.10 Å². The topological polar surface area (TPSA) is 59.8 Å². The van der Waals surface area contributed by atoms with Crippen LogP contribution in [0, 0.1) is 6.92 Å². The van der Waals surface area contributed by atoms with Gasteiger partial charge >= 0.3 is 0 Å². The summed E-state index contributed by atoms with van der Waals surface area (Å²) in [6, 6.07) is 13.1. The summed E-state index contributed by atoms with van der Waals surface area (Å²) in [5.41, 5.74) is 2.59. The van der Waals surface area contributed by atoms with Gasteiger partial charge in [-0.25, -0.2) is 9.67 Å². The molecule has 1 aromatic carbocycles. The quantitative estimate of drug-likeness (QED) is 0.710. The Balaban J connectivity index is 1.76. The summed E-state index contributed by atoms with van der Waals surface area (Å²) in [6.07, 6.45) is 5.53. The predicted molar refractivity (Wildman–Crippen MR) is 100 cm³/mol. The van der Waals surface area contributed by atoms with Crippen molar-refractivity contribution in [2.45, 2.75) is 24.8 Å². The van der Waals surface area contributed by atoms with E-state index >= 15 is 0 Å². The van der Waals surface area contributed by atoms with Gasteiger partial charge in [-0.15, -0.1) is 11.8 Å². The minimum Gasteiger partial charge on any atom is -0.345 e. The minimum atomic E-state index is -0.148. The molecule has 0 fully saturated rings. The Labute approximate surface area is 151 Å².